The van der Waals surface area contributed by atoms with Crippen LogP contribution in [0.25, 0.3) is 0 Å². The number of hydrogen-bond acceptors (Lipinski definition) is 1. The van der Waals surface area contributed by atoms with Crippen molar-refractivity contribution < 1.29 is 9.69 Å². The number of carbonyl (C=O) groups excluding carboxylic acids is 1. The van der Waals surface area contributed by atoms with Crippen LogP contribution in [0.3, 0.4) is 0 Å². The summed E-state index contributed by atoms with van der Waals surface area (Å²) in [5, 5.41) is 0. The summed E-state index contributed by atoms with van der Waals surface area (Å²) >= 11 is 0. The summed E-state index contributed by atoms with van der Waals surface area (Å²) in [5.74, 6) is 0.724. The van der Waals surface area contributed by atoms with Crippen molar-refractivity contribution in [1.29, 1.82) is 0 Å². The van der Waals surface area contributed by atoms with Gasteiger partial charge in [-0.3, -0.25) is 4.79 Å². The van der Waals surface area contributed by atoms with E-state index in [9.17, 15) is 4.79 Å². The van der Waals surface area contributed by atoms with E-state index in [1.807, 2.05) is 0 Å². The Bertz CT molecular complexity index is 244. The molecule has 88 valence electrons. The second-order valence-electron chi connectivity index (χ2n) is 6.95. The maximum Gasteiger partial charge on any atom is 0.190 e. The van der Waals surface area contributed by atoms with Crippen molar-refractivity contribution in [3.05, 3.63) is 0 Å². The number of piperidine rings is 1. The Kier molecular flexibility index (Phi) is 3.30. The van der Waals surface area contributed by atoms with Crippen LogP contribution in [-0.2, 0) is 4.79 Å². The topological polar surface area (TPSA) is 21.5 Å². The van der Waals surface area contributed by atoms with Crippen molar-refractivity contribution in [3.8, 4) is 0 Å². The molecule has 0 radical (unpaired) electrons. The maximum absolute atomic E-state index is 12.1. The number of hydrogen-bond donors (Lipinski definition) is 1. The Morgan fingerprint density at radius 2 is 1.67 bits per heavy atom. The quantitative estimate of drug-likeness (QED) is 0.642. The van der Waals surface area contributed by atoms with E-state index in [0.717, 1.165) is 13.0 Å². The highest BCUT2D eigenvalue weighted by Gasteiger charge is 2.40. The molecule has 1 saturated heterocycles. The van der Waals surface area contributed by atoms with Crippen LogP contribution in [-0.4, -0.2) is 24.4 Å². The Morgan fingerprint density at radius 1 is 1.13 bits per heavy atom. The van der Waals surface area contributed by atoms with Gasteiger partial charge >= 0.3 is 0 Å². The van der Waals surface area contributed by atoms with E-state index < -0.39 is 0 Å². The molecule has 0 bridgehead atoms. The molecule has 0 aliphatic carbocycles. The van der Waals surface area contributed by atoms with Crippen LogP contribution in [0.15, 0.2) is 0 Å². The summed E-state index contributed by atoms with van der Waals surface area (Å²) in [6.07, 6.45) is 1.05. The fourth-order valence-electron chi connectivity index (χ4n) is 2.46. The molecule has 0 aromatic carbocycles. The number of rotatable bonds is 0. The van der Waals surface area contributed by atoms with Gasteiger partial charge in [-0.2, -0.15) is 0 Å². The van der Waals surface area contributed by atoms with E-state index in [1.165, 1.54) is 4.90 Å². The smallest absolute Gasteiger partial charge is 0.190 e. The number of Topliss-reactive ketones (excluding diaryl/α,β-unsaturated/α-hetero) is 1. The van der Waals surface area contributed by atoms with Crippen LogP contribution >= 0.6 is 0 Å². The SMILES string of the molecule is CC(C)(C)[C@H]1CC[NH+](C(C)(C)C)CC1=O. The third kappa shape index (κ3) is 3.04. The number of nitrogens with one attached hydrogen (secondary N) is 1. The van der Waals surface area contributed by atoms with Crippen molar-refractivity contribution in [2.75, 3.05) is 13.1 Å². The van der Waals surface area contributed by atoms with E-state index >= 15 is 0 Å². The minimum absolute atomic E-state index is 0.139. The third-order valence-electron chi connectivity index (χ3n) is 3.62. The van der Waals surface area contributed by atoms with E-state index in [4.69, 9.17) is 0 Å². The molecule has 2 atom stereocenters. The molecule has 1 aliphatic heterocycles. The zero-order valence-corrected chi connectivity index (χ0v) is 11.1. The van der Waals surface area contributed by atoms with Gasteiger partial charge in [0.05, 0.1) is 12.1 Å². The maximum atomic E-state index is 12.1. The van der Waals surface area contributed by atoms with Gasteiger partial charge in [0.15, 0.2) is 5.78 Å². The number of likely N-dealkylation sites (tertiary alicyclic amines) is 1. The summed E-state index contributed by atoms with van der Waals surface area (Å²) in [6, 6.07) is 0. The summed E-state index contributed by atoms with van der Waals surface area (Å²) in [7, 11) is 0. The van der Waals surface area contributed by atoms with Gasteiger partial charge < -0.3 is 4.90 Å². The van der Waals surface area contributed by atoms with E-state index in [-0.39, 0.29) is 16.9 Å². The van der Waals surface area contributed by atoms with E-state index in [0.29, 0.717) is 12.3 Å². The average molecular weight is 212 g/mol. The Hall–Kier alpha value is -0.370. The highest BCUT2D eigenvalue weighted by Crippen LogP contribution is 2.29. The van der Waals surface area contributed by atoms with Crippen molar-refractivity contribution >= 4 is 5.78 Å². The molecule has 0 amide bonds. The standard InChI is InChI=1S/C13H25NO/c1-12(2,3)10-7-8-14(9-11(10)15)13(4,5)6/h10H,7-9H2,1-6H3/p+1/t10-/m0/s1. The molecule has 0 spiro atoms. The lowest BCUT2D eigenvalue weighted by Gasteiger charge is -2.40. The first-order chi connectivity index (χ1) is 6.62. The Morgan fingerprint density at radius 3 is 2.00 bits per heavy atom. The van der Waals surface area contributed by atoms with Crippen LogP contribution in [0.2, 0.25) is 0 Å². The molecule has 2 nitrogen and oxygen atoms in total. The second-order valence-corrected chi connectivity index (χ2v) is 6.95. The first-order valence-corrected chi connectivity index (χ1v) is 6.00. The first-order valence-electron chi connectivity index (χ1n) is 6.00. The first kappa shape index (κ1) is 12.7. The number of carbonyl (C=O) groups is 1. The van der Waals surface area contributed by atoms with E-state index in [2.05, 4.69) is 41.5 Å². The highest BCUT2D eigenvalue weighted by atomic mass is 16.1. The van der Waals surface area contributed by atoms with Crippen LogP contribution in [0.5, 0.6) is 0 Å². The molecule has 2 heteroatoms. The van der Waals surface area contributed by atoms with Crippen molar-refractivity contribution in [2.45, 2.75) is 53.5 Å². The van der Waals surface area contributed by atoms with Crippen molar-refractivity contribution in [2.24, 2.45) is 11.3 Å². The zero-order chi connectivity index (χ0) is 11.9. The number of ketones is 1. The van der Waals surface area contributed by atoms with Gasteiger partial charge in [-0.25, -0.2) is 0 Å². The molecule has 0 aromatic rings. The minimum Gasteiger partial charge on any atom is -0.325 e. The largest absolute Gasteiger partial charge is 0.325 e. The summed E-state index contributed by atoms with van der Waals surface area (Å²) in [4.78, 5) is 13.5. The van der Waals surface area contributed by atoms with Crippen molar-refractivity contribution in [1.82, 2.24) is 0 Å². The van der Waals surface area contributed by atoms with Crippen LogP contribution < -0.4 is 4.90 Å². The summed E-state index contributed by atoms with van der Waals surface area (Å²) < 4.78 is 0. The third-order valence-corrected chi connectivity index (χ3v) is 3.62. The predicted octanol–water partition coefficient (Wildman–Crippen LogP) is 1.30. The lowest BCUT2D eigenvalue weighted by Crippen LogP contribution is -3.20. The van der Waals surface area contributed by atoms with Crippen LogP contribution in [0.1, 0.15) is 48.0 Å². The molecule has 1 unspecified atom stereocenters. The van der Waals surface area contributed by atoms with Crippen molar-refractivity contribution in [3.63, 3.8) is 0 Å². The van der Waals surface area contributed by atoms with Crippen LogP contribution in [0.4, 0.5) is 0 Å². The van der Waals surface area contributed by atoms with Gasteiger partial charge in [-0.15, -0.1) is 0 Å². The average Bonchev–Trinajstić information content (AvgIpc) is 1.99. The molecule has 0 saturated carbocycles. The fourth-order valence-corrected chi connectivity index (χ4v) is 2.46. The van der Waals surface area contributed by atoms with Gasteiger partial charge in [0.25, 0.3) is 0 Å². The molecular formula is C13H26NO+. The van der Waals surface area contributed by atoms with Gasteiger partial charge in [0.1, 0.15) is 6.54 Å². The zero-order valence-electron chi connectivity index (χ0n) is 11.1. The van der Waals surface area contributed by atoms with Gasteiger partial charge in [-0.05, 0) is 26.2 Å². The molecule has 15 heavy (non-hydrogen) atoms. The highest BCUT2D eigenvalue weighted by molar-refractivity contribution is 5.83. The molecule has 1 heterocycles. The monoisotopic (exact) mass is 212 g/mol. The summed E-state index contributed by atoms with van der Waals surface area (Å²) in [5.41, 5.74) is 0.346. The molecular weight excluding hydrogens is 186 g/mol. The van der Waals surface area contributed by atoms with Gasteiger partial charge in [0.2, 0.25) is 0 Å². The Labute approximate surface area is 94.0 Å². The molecule has 1 rings (SSSR count). The van der Waals surface area contributed by atoms with Gasteiger partial charge in [-0.1, -0.05) is 20.8 Å². The lowest BCUT2D eigenvalue weighted by atomic mass is 9.74. The molecule has 1 fully saturated rings. The molecule has 1 aliphatic rings. The normalized spacial score (nSPS) is 29.3. The lowest BCUT2D eigenvalue weighted by molar-refractivity contribution is -0.942. The summed E-state index contributed by atoms with van der Waals surface area (Å²) in [6.45, 7) is 15.0. The minimum atomic E-state index is 0.139. The molecule has 1 N–H and O–H groups in total. The van der Waals surface area contributed by atoms with Gasteiger partial charge in [0, 0.05) is 12.3 Å². The van der Waals surface area contributed by atoms with E-state index in [1.54, 1.807) is 0 Å². The second kappa shape index (κ2) is 3.89. The van der Waals surface area contributed by atoms with Crippen LogP contribution in [0, 0.1) is 11.3 Å². The fraction of sp³-hybridized carbons (Fsp3) is 0.923. The predicted molar refractivity (Wildman–Crippen MR) is 63.0 cm³/mol. The molecule has 0 aromatic heterocycles. The Balaban J connectivity index is 2.68. The number of quaternary nitrogens is 1.